The molecule has 1 heteroatoms. The Morgan fingerprint density at radius 3 is 2.54 bits per heavy atom. The van der Waals surface area contributed by atoms with E-state index in [0.29, 0.717) is 5.41 Å². The zero-order valence-electron chi connectivity index (χ0n) is 8.91. The third-order valence-electron chi connectivity index (χ3n) is 3.19. The van der Waals surface area contributed by atoms with Crippen LogP contribution in [0.15, 0.2) is 12.2 Å². The van der Waals surface area contributed by atoms with Gasteiger partial charge in [-0.15, -0.1) is 5.54 Å². The van der Waals surface area contributed by atoms with Crippen LogP contribution in [-0.2, 0) is 0 Å². The van der Waals surface area contributed by atoms with E-state index in [1.165, 1.54) is 24.8 Å². The molecule has 2 atom stereocenters. The van der Waals surface area contributed by atoms with Crippen molar-refractivity contribution in [3.8, 4) is 11.5 Å². The van der Waals surface area contributed by atoms with Crippen molar-refractivity contribution >= 4 is 8.07 Å². The summed E-state index contributed by atoms with van der Waals surface area (Å²) in [6.45, 7) is 11.1. The van der Waals surface area contributed by atoms with Gasteiger partial charge in [-0.25, -0.2) is 0 Å². The molecule has 0 unspecified atom stereocenters. The topological polar surface area (TPSA) is 0 Å². The van der Waals surface area contributed by atoms with Crippen molar-refractivity contribution in [3.05, 3.63) is 12.2 Å². The molecule has 0 aromatic carbocycles. The Morgan fingerprint density at radius 2 is 2.15 bits per heavy atom. The van der Waals surface area contributed by atoms with Gasteiger partial charge in [0.25, 0.3) is 0 Å². The minimum absolute atomic E-state index is 0.306. The summed E-state index contributed by atoms with van der Waals surface area (Å²) in [7, 11) is -1.18. The van der Waals surface area contributed by atoms with Crippen molar-refractivity contribution in [1.29, 1.82) is 0 Å². The zero-order valence-corrected chi connectivity index (χ0v) is 9.91. The highest BCUT2D eigenvalue weighted by atomic mass is 28.3. The molecule has 2 saturated carbocycles. The summed E-state index contributed by atoms with van der Waals surface area (Å²) in [6, 6.07) is 0. The summed E-state index contributed by atoms with van der Waals surface area (Å²) in [5.74, 6) is 4.41. The van der Waals surface area contributed by atoms with E-state index < -0.39 is 8.07 Å². The second-order valence-corrected chi connectivity index (χ2v) is 10.3. The van der Waals surface area contributed by atoms with E-state index in [4.69, 9.17) is 0 Å². The average molecular weight is 190 g/mol. The lowest BCUT2D eigenvalue weighted by Gasteiger charge is -2.08. The second-order valence-electron chi connectivity index (χ2n) is 5.51. The first-order chi connectivity index (χ1) is 5.94. The van der Waals surface area contributed by atoms with Gasteiger partial charge in [0.2, 0.25) is 0 Å². The third kappa shape index (κ3) is 1.48. The zero-order chi connectivity index (χ0) is 9.69. The molecular weight excluding hydrogens is 172 g/mol. The van der Waals surface area contributed by atoms with E-state index in [-0.39, 0.29) is 0 Å². The van der Waals surface area contributed by atoms with Crippen LogP contribution in [0.5, 0.6) is 0 Å². The van der Waals surface area contributed by atoms with Gasteiger partial charge in [-0.3, -0.25) is 0 Å². The van der Waals surface area contributed by atoms with Crippen LogP contribution in [0.2, 0.25) is 19.6 Å². The first-order valence-corrected chi connectivity index (χ1v) is 8.67. The molecule has 0 nitrogen and oxygen atoms in total. The van der Waals surface area contributed by atoms with E-state index in [9.17, 15) is 0 Å². The van der Waals surface area contributed by atoms with Crippen molar-refractivity contribution in [2.24, 2.45) is 11.3 Å². The Morgan fingerprint density at radius 1 is 1.46 bits per heavy atom. The van der Waals surface area contributed by atoms with E-state index in [1.807, 2.05) is 0 Å². The molecule has 0 aliphatic heterocycles. The predicted octanol–water partition coefficient (Wildman–Crippen LogP) is 3.22. The summed E-state index contributed by atoms with van der Waals surface area (Å²) in [5.41, 5.74) is 5.23. The molecule has 0 heterocycles. The van der Waals surface area contributed by atoms with Crippen molar-refractivity contribution in [3.63, 3.8) is 0 Å². The number of allylic oxidation sites excluding steroid dienone is 1. The Kier molecular flexibility index (Phi) is 1.76. The minimum Gasteiger partial charge on any atom is -0.131 e. The smallest absolute Gasteiger partial charge is 0.129 e. The molecule has 0 aromatic heterocycles. The SMILES string of the molecule is C=C1CC[C@@H]2C[C@]12C#C[Si](C)(C)C. The maximum atomic E-state index is 4.16. The molecule has 2 fully saturated rings. The number of hydrogen-bond donors (Lipinski definition) is 0. The highest BCUT2D eigenvalue weighted by Gasteiger charge is 2.58. The van der Waals surface area contributed by atoms with Crippen LogP contribution in [0.4, 0.5) is 0 Å². The number of rotatable bonds is 0. The van der Waals surface area contributed by atoms with Crippen molar-refractivity contribution in [2.75, 3.05) is 0 Å². The fourth-order valence-electron chi connectivity index (χ4n) is 2.22. The first-order valence-electron chi connectivity index (χ1n) is 5.17. The molecule has 0 bridgehead atoms. The Labute approximate surface area is 82.4 Å². The predicted molar refractivity (Wildman–Crippen MR) is 60.0 cm³/mol. The van der Waals surface area contributed by atoms with Crippen LogP contribution in [-0.4, -0.2) is 8.07 Å². The number of hydrogen-bond acceptors (Lipinski definition) is 0. The summed E-state index contributed by atoms with van der Waals surface area (Å²) in [6.07, 6.45) is 3.88. The molecule has 2 aliphatic carbocycles. The molecule has 0 saturated heterocycles. The van der Waals surface area contributed by atoms with Gasteiger partial charge in [-0.2, -0.15) is 0 Å². The van der Waals surface area contributed by atoms with E-state index in [0.717, 1.165) is 5.92 Å². The van der Waals surface area contributed by atoms with Crippen LogP contribution in [0.25, 0.3) is 0 Å². The monoisotopic (exact) mass is 190 g/mol. The fourth-order valence-corrected chi connectivity index (χ4v) is 2.82. The van der Waals surface area contributed by atoms with Crippen LogP contribution < -0.4 is 0 Å². The Bertz CT molecular complexity index is 310. The molecule has 0 aromatic rings. The van der Waals surface area contributed by atoms with E-state index in [1.54, 1.807) is 0 Å². The van der Waals surface area contributed by atoms with Crippen LogP contribution in [0, 0.1) is 22.8 Å². The largest absolute Gasteiger partial charge is 0.131 e. The Balaban J connectivity index is 2.18. The third-order valence-corrected chi connectivity index (χ3v) is 4.07. The quantitative estimate of drug-likeness (QED) is 0.312. The maximum Gasteiger partial charge on any atom is 0.129 e. The van der Waals surface area contributed by atoms with Gasteiger partial charge in [0.05, 0.1) is 5.41 Å². The lowest BCUT2D eigenvalue weighted by atomic mass is 10.0. The standard InChI is InChI=1S/C12H18Si/c1-10-5-6-11-9-12(10,11)7-8-13(2,3)4/h11H,1,5-6,9H2,2-4H3/t11-,12-/m1/s1. The fraction of sp³-hybridized carbons (Fsp3) is 0.667. The van der Waals surface area contributed by atoms with E-state index >= 15 is 0 Å². The van der Waals surface area contributed by atoms with E-state index in [2.05, 4.69) is 37.7 Å². The minimum atomic E-state index is -1.18. The van der Waals surface area contributed by atoms with Gasteiger partial charge in [-0.05, 0) is 25.2 Å². The lowest BCUT2D eigenvalue weighted by Crippen LogP contribution is -2.17. The van der Waals surface area contributed by atoms with Crippen molar-refractivity contribution in [2.45, 2.75) is 38.9 Å². The molecular formula is C12H18Si. The average Bonchev–Trinajstić information content (AvgIpc) is 2.64. The molecule has 70 valence electrons. The molecule has 2 aliphatic rings. The van der Waals surface area contributed by atoms with Gasteiger partial charge >= 0.3 is 0 Å². The molecule has 2 rings (SSSR count). The van der Waals surface area contributed by atoms with Gasteiger partial charge in [0, 0.05) is 0 Å². The molecule has 0 spiro atoms. The van der Waals surface area contributed by atoms with Crippen molar-refractivity contribution < 1.29 is 0 Å². The normalized spacial score (nSPS) is 36.5. The van der Waals surface area contributed by atoms with Crippen molar-refractivity contribution in [1.82, 2.24) is 0 Å². The lowest BCUT2D eigenvalue weighted by molar-refractivity contribution is 0.759. The molecule has 0 amide bonds. The van der Waals surface area contributed by atoms with Gasteiger partial charge in [0.15, 0.2) is 0 Å². The second kappa shape index (κ2) is 2.51. The van der Waals surface area contributed by atoms with Gasteiger partial charge in [0.1, 0.15) is 8.07 Å². The van der Waals surface area contributed by atoms with Crippen LogP contribution in [0.1, 0.15) is 19.3 Å². The summed E-state index contributed by atoms with van der Waals surface area (Å²) in [5, 5.41) is 0. The van der Waals surface area contributed by atoms with Gasteiger partial charge < -0.3 is 0 Å². The molecule has 0 radical (unpaired) electrons. The highest BCUT2D eigenvalue weighted by molar-refractivity contribution is 6.83. The summed E-state index contributed by atoms with van der Waals surface area (Å²) in [4.78, 5) is 0. The molecule has 13 heavy (non-hydrogen) atoms. The summed E-state index contributed by atoms with van der Waals surface area (Å²) >= 11 is 0. The first kappa shape index (κ1) is 9.09. The highest BCUT2D eigenvalue weighted by Crippen LogP contribution is 2.65. The summed E-state index contributed by atoms with van der Waals surface area (Å²) < 4.78 is 0. The molecule has 0 N–H and O–H groups in total. The maximum absolute atomic E-state index is 4.16. The Hall–Kier alpha value is -0.483. The number of fused-ring (bicyclic) bond motifs is 1. The van der Waals surface area contributed by atoms with Crippen LogP contribution >= 0.6 is 0 Å². The van der Waals surface area contributed by atoms with Crippen LogP contribution in [0.3, 0.4) is 0 Å². The van der Waals surface area contributed by atoms with Gasteiger partial charge in [-0.1, -0.05) is 37.7 Å².